The third kappa shape index (κ3) is 4.23. The lowest BCUT2D eigenvalue weighted by Gasteiger charge is -2.32. The molecule has 0 spiro atoms. The topological polar surface area (TPSA) is 54.5 Å². The molecule has 6 heteroatoms. The fourth-order valence-electron chi connectivity index (χ4n) is 3.10. The molecule has 5 nitrogen and oxygen atoms in total. The van der Waals surface area contributed by atoms with Crippen molar-refractivity contribution in [3.63, 3.8) is 0 Å². The molecule has 1 aliphatic heterocycles. The van der Waals surface area contributed by atoms with E-state index < -0.39 is 0 Å². The monoisotopic (exact) mass is 359 g/mol. The molecule has 1 N–H and O–H groups in total. The van der Waals surface area contributed by atoms with Gasteiger partial charge in [0, 0.05) is 18.1 Å². The van der Waals surface area contributed by atoms with Gasteiger partial charge < -0.3 is 15.0 Å². The highest BCUT2D eigenvalue weighted by molar-refractivity contribution is 6.31. The molecule has 1 fully saturated rings. The summed E-state index contributed by atoms with van der Waals surface area (Å²) in [6.45, 7) is 4.34. The number of carbonyl (C=O) groups is 1. The second-order valence-corrected chi connectivity index (χ2v) is 6.83. The highest BCUT2D eigenvalue weighted by Crippen LogP contribution is 2.28. The number of nitrogens with zero attached hydrogens (tertiary/aromatic N) is 2. The largest absolute Gasteiger partial charge is 0.495 e. The molecule has 1 aromatic carbocycles. The molecule has 0 bridgehead atoms. The maximum Gasteiger partial charge on any atom is 0.274 e. The van der Waals surface area contributed by atoms with Gasteiger partial charge in [0.15, 0.2) is 0 Å². The number of piperidine rings is 1. The van der Waals surface area contributed by atoms with Gasteiger partial charge >= 0.3 is 0 Å². The summed E-state index contributed by atoms with van der Waals surface area (Å²) < 4.78 is 5.25. The highest BCUT2D eigenvalue weighted by Gasteiger charge is 2.18. The number of nitrogens with one attached hydrogen (secondary N) is 1. The molecule has 1 unspecified atom stereocenters. The first-order chi connectivity index (χ1) is 12.1. The smallest absolute Gasteiger partial charge is 0.274 e. The summed E-state index contributed by atoms with van der Waals surface area (Å²) in [6, 6.07) is 8.78. The van der Waals surface area contributed by atoms with E-state index in [1.54, 1.807) is 37.6 Å². The fourth-order valence-corrected chi connectivity index (χ4v) is 3.27. The summed E-state index contributed by atoms with van der Waals surface area (Å²) in [6.07, 6.45) is 4.23. The molecule has 1 saturated heterocycles. The number of pyridine rings is 1. The Labute approximate surface area is 153 Å². The molecule has 0 aliphatic carbocycles. The third-order valence-electron chi connectivity index (χ3n) is 4.41. The number of amides is 1. The van der Waals surface area contributed by atoms with Crippen LogP contribution in [-0.2, 0) is 0 Å². The van der Waals surface area contributed by atoms with E-state index in [1.807, 2.05) is 6.07 Å². The average Bonchev–Trinajstić information content (AvgIpc) is 2.62. The standard InChI is InChI=1S/C19H22ClN3O2/c1-13-4-3-9-23(12-13)15-6-7-16(21-11-15)19(24)22-17-10-14(20)5-8-18(17)25-2/h5-8,10-11,13H,3-4,9,12H2,1-2H3,(H,22,24). The lowest BCUT2D eigenvalue weighted by atomic mass is 10.00. The molecule has 1 aliphatic rings. The molecular weight excluding hydrogens is 338 g/mol. The third-order valence-corrected chi connectivity index (χ3v) is 4.65. The molecule has 1 amide bonds. The van der Waals surface area contributed by atoms with Crippen LogP contribution in [0.3, 0.4) is 0 Å². The van der Waals surface area contributed by atoms with Gasteiger partial charge in [-0.1, -0.05) is 18.5 Å². The molecule has 2 heterocycles. The SMILES string of the molecule is COc1ccc(Cl)cc1NC(=O)c1ccc(N2CCCC(C)C2)cn1. The van der Waals surface area contributed by atoms with E-state index >= 15 is 0 Å². The van der Waals surface area contributed by atoms with Crippen molar-refractivity contribution in [3.05, 3.63) is 47.2 Å². The van der Waals surface area contributed by atoms with Gasteiger partial charge in [-0.25, -0.2) is 4.98 Å². The molecule has 0 saturated carbocycles. The predicted molar refractivity (Wildman–Crippen MR) is 101 cm³/mol. The first-order valence-electron chi connectivity index (χ1n) is 8.42. The number of hydrogen-bond donors (Lipinski definition) is 1. The Balaban J connectivity index is 1.72. The van der Waals surface area contributed by atoms with Gasteiger partial charge in [-0.2, -0.15) is 0 Å². The van der Waals surface area contributed by atoms with Gasteiger partial charge in [0.05, 0.1) is 24.7 Å². The number of aromatic nitrogens is 1. The van der Waals surface area contributed by atoms with Gasteiger partial charge in [0.25, 0.3) is 5.91 Å². The van der Waals surface area contributed by atoms with E-state index in [0.717, 1.165) is 18.8 Å². The van der Waals surface area contributed by atoms with E-state index in [2.05, 4.69) is 22.1 Å². The lowest BCUT2D eigenvalue weighted by Crippen LogP contribution is -2.34. The Morgan fingerprint density at radius 1 is 1.36 bits per heavy atom. The van der Waals surface area contributed by atoms with Crippen molar-refractivity contribution in [1.82, 2.24) is 4.98 Å². The summed E-state index contributed by atoms with van der Waals surface area (Å²) in [5.74, 6) is 0.947. The minimum atomic E-state index is -0.292. The van der Waals surface area contributed by atoms with Gasteiger partial charge in [-0.3, -0.25) is 4.79 Å². The summed E-state index contributed by atoms with van der Waals surface area (Å²) in [4.78, 5) is 19.1. The zero-order valence-electron chi connectivity index (χ0n) is 14.5. The maximum absolute atomic E-state index is 12.4. The molecule has 132 valence electrons. The molecule has 25 heavy (non-hydrogen) atoms. The average molecular weight is 360 g/mol. The Kier molecular flexibility index (Phi) is 5.43. The Bertz CT molecular complexity index is 749. The van der Waals surface area contributed by atoms with Gasteiger partial charge in [-0.05, 0) is 49.1 Å². The highest BCUT2D eigenvalue weighted by atomic mass is 35.5. The lowest BCUT2D eigenvalue weighted by molar-refractivity contribution is 0.102. The van der Waals surface area contributed by atoms with E-state index in [1.165, 1.54) is 12.8 Å². The van der Waals surface area contributed by atoms with Crippen LogP contribution in [0.15, 0.2) is 36.5 Å². The van der Waals surface area contributed by atoms with Gasteiger partial charge in [-0.15, -0.1) is 0 Å². The Hall–Kier alpha value is -2.27. The van der Waals surface area contributed by atoms with E-state index in [9.17, 15) is 4.79 Å². The summed E-state index contributed by atoms with van der Waals surface area (Å²) in [5, 5.41) is 3.33. The minimum Gasteiger partial charge on any atom is -0.495 e. The number of hydrogen-bond acceptors (Lipinski definition) is 4. The van der Waals surface area contributed by atoms with Gasteiger partial charge in [0.2, 0.25) is 0 Å². The second kappa shape index (κ2) is 7.74. The van der Waals surface area contributed by atoms with Crippen molar-refractivity contribution in [2.75, 3.05) is 30.4 Å². The van der Waals surface area contributed by atoms with Crippen molar-refractivity contribution in [1.29, 1.82) is 0 Å². The Morgan fingerprint density at radius 3 is 2.88 bits per heavy atom. The molecule has 1 aromatic heterocycles. The molecule has 1 atom stereocenters. The molecular formula is C19H22ClN3O2. The molecule has 2 aromatic rings. The number of benzene rings is 1. The van der Waals surface area contributed by atoms with Crippen molar-refractivity contribution in [3.8, 4) is 5.75 Å². The van der Waals surface area contributed by atoms with Crippen molar-refractivity contribution >= 4 is 28.9 Å². The molecule has 3 rings (SSSR count). The maximum atomic E-state index is 12.4. The predicted octanol–water partition coefficient (Wildman–Crippen LogP) is 4.23. The number of methoxy groups -OCH3 is 1. The number of halogens is 1. The van der Waals surface area contributed by atoms with Crippen molar-refractivity contribution in [2.45, 2.75) is 19.8 Å². The zero-order valence-corrected chi connectivity index (χ0v) is 15.2. The van der Waals surface area contributed by atoms with E-state index in [4.69, 9.17) is 16.3 Å². The summed E-state index contributed by atoms with van der Waals surface area (Å²) >= 11 is 5.99. The zero-order chi connectivity index (χ0) is 17.8. The van der Waals surface area contributed by atoms with Crippen LogP contribution in [0.1, 0.15) is 30.3 Å². The fraction of sp³-hybridized carbons (Fsp3) is 0.368. The number of ether oxygens (including phenoxy) is 1. The normalized spacial score (nSPS) is 17.2. The van der Waals surface area contributed by atoms with Crippen LogP contribution in [0.2, 0.25) is 5.02 Å². The number of rotatable bonds is 4. The van der Waals surface area contributed by atoms with Crippen LogP contribution in [0.4, 0.5) is 11.4 Å². The van der Waals surface area contributed by atoms with Crippen LogP contribution >= 0.6 is 11.6 Å². The van der Waals surface area contributed by atoms with Crippen LogP contribution < -0.4 is 15.0 Å². The summed E-state index contributed by atoms with van der Waals surface area (Å²) in [7, 11) is 1.55. The first kappa shape index (κ1) is 17.5. The second-order valence-electron chi connectivity index (χ2n) is 6.39. The Morgan fingerprint density at radius 2 is 2.20 bits per heavy atom. The van der Waals surface area contributed by atoms with E-state index in [-0.39, 0.29) is 5.91 Å². The van der Waals surface area contributed by atoms with Crippen LogP contribution in [0.25, 0.3) is 0 Å². The van der Waals surface area contributed by atoms with Crippen LogP contribution in [0.5, 0.6) is 5.75 Å². The summed E-state index contributed by atoms with van der Waals surface area (Å²) in [5.41, 5.74) is 1.94. The van der Waals surface area contributed by atoms with E-state index in [0.29, 0.717) is 28.1 Å². The molecule has 0 radical (unpaired) electrons. The van der Waals surface area contributed by atoms with Gasteiger partial charge in [0.1, 0.15) is 11.4 Å². The number of anilines is 2. The van der Waals surface area contributed by atoms with Crippen molar-refractivity contribution < 1.29 is 9.53 Å². The van der Waals surface area contributed by atoms with Crippen LogP contribution in [0, 0.1) is 5.92 Å². The van der Waals surface area contributed by atoms with Crippen molar-refractivity contribution in [2.24, 2.45) is 5.92 Å². The quantitative estimate of drug-likeness (QED) is 0.887. The number of carbonyl (C=O) groups excluding carboxylic acids is 1. The first-order valence-corrected chi connectivity index (χ1v) is 8.80. The van der Waals surface area contributed by atoms with Crippen LogP contribution in [-0.4, -0.2) is 31.1 Å². The minimum absolute atomic E-state index is 0.292.